The third-order valence-electron chi connectivity index (χ3n) is 3.03. The molecule has 2 rings (SSSR count). The summed E-state index contributed by atoms with van der Waals surface area (Å²) in [6.45, 7) is 2.17. The molecule has 1 aromatic heterocycles. The number of para-hydroxylation sites is 1. The van der Waals surface area contributed by atoms with E-state index in [2.05, 4.69) is 38.6 Å². The molecule has 0 bridgehead atoms. The molecule has 6 heteroatoms. The van der Waals surface area contributed by atoms with Crippen LogP contribution in [-0.4, -0.2) is 36.1 Å². The molecule has 0 fully saturated rings. The number of benzene rings is 1. The molecule has 112 valence electrons. The molecular weight excluding hydrogens is 264 g/mol. The lowest BCUT2D eigenvalue weighted by molar-refractivity contribution is 0.921. The Morgan fingerprint density at radius 3 is 2.43 bits per heavy atom. The predicted octanol–water partition coefficient (Wildman–Crippen LogP) is 2.68. The lowest BCUT2D eigenvalue weighted by atomic mass is 10.1. The quantitative estimate of drug-likeness (QED) is 0.851. The van der Waals surface area contributed by atoms with Gasteiger partial charge in [-0.3, -0.25) is 0 Å². The zero-order valence-corrected chi connectivity index (χ0v) is 13.0. The molecule has 2 N–H and O–H groups in total. The summed E-state index contributed by atoms with van der Waals surface area (Å²) in [5, 5.41) is 6.26. The maximum absolute atomic E-state index is 4.43. The highest BCUT2D eigenvalue weighted by Gasteiger charge is 2.09. The standard InChI is InChI=1S/C15H22N6/c1-5-8-11-9-6-7-10-12(11)17-14-18-13(16-2)19-15(20-14)21(3)4/h6-7,9-10H,5,8H2,1-4H3,(H2,16,17,18,19,20). The van der Waals surface area contributed by atoms with E-state index in [4.69, 9.17) is 0 Å². The highest BCUT2D eigenvalue weighted by molar-refractivity contribution is 5.60. The van der Waals surface area contributed by atoms with E-state index >= 15 is 0 Å². The van der Waals surface area contributed by atoms with Crippen molar-refractivity contribution in [1.82, 2.24) is 15.0 Å². The van der Waals surface area contributed by atoms with Gasteiger partial charge in [0.25, 0.3) is 0 Å². The van der Waals surface area contributed by atoms with Gasteiger partial charge in [0.05, 0.1) is 0 Å². The average Bonchev–Trinajstić information content (AvgIpc) is 2.49. The lowest BCUT2D eigenvalue weighted by Crippen LogP contribution is -2.15. The Bertz CT molecular complexity index is 596. The highest BCUT2D eigenvalue weighted by atomic mass is 15.3. The Labute approximate surface area is 125 Å². The number of rotatable bonds is 6. The molecule has 1 aromatic carbocycles. The van der Waals surface area contributed by atoms with Crippen LogP contribution in [0.3, 0.4) is 0 Å². The first-order valence-corrected chi connectivity index (χ1v) is 7.10. The predicted molar refractivity (Wildman–Crippen MR) is 87.4 cm³/mol. The second-order valence-corrected chi connectivity index (χ2v) is 4.96. The van der Waals surface area contributed by atoms with E-state index in [9.17, 15) is 0 Å². The summed E-state index contributed by atoms with van der Waals surface area (Å²) in [5.74, 6) is 1.70. The summed E-state index contributed by atoms with van der Waals surface area (Å²) >= 11 is 0. The Kier molecular flexibility index (Phi) is 4.92. The van der Waals surface area contributed by atoms with Crippen LogP contribution in [0.4, 0.5) is 23.5 Å². The summed E-state index contributed by atoms with van der Waals surface area (Å²) in [5.41, 5.74) is 2.30. The van der Waals surface area contributed by atoms with Crippen molar-refractivity contribution in [2.75, 3.05) is 36.7 Å². The van der Waals surface area contributed by atoms with Crippen molar-refractivity contribution in [2.45, 2.75) is 19.8 Å². The van der Waals surface area contributed by atoms with Gasteiger partial charge < -0.3 is 15.5 Å². The Morgan fingerprint density at radius 1 is 1.05 bits per heavy atom. The number of nitrogens with one attached hydrogen (secondary N) is 2. The van der Waals surface area contributed by atoms with Crippen molar-refractivity contribution in [2.24, 2.45) is 0 Å². The molecule has 0 aliphatic heterocycles. The van der Waals surface area contributed by atoms with E-state index in [0.29, 0.717) is 17.8 Å². The fourth-order valence-electron chi connectivity index (χ4n) is 1.98. The van der Waals surface area contributed by atoms with Crippen LogP contribution in [0.15, 0.2) is 24.3 Å². The Balaban J connectivity index is 2.32. The van der Waals surface area contributed by atoms with E-state index in [-0.39, 0.29) is 0 Å². The minimum Gasteiger partial charge on any atom is -0.357 e. The number of hydrogen-bond donors (Lipinski definition) is 2. The third kappa shape index (κ3) is 3.81. The topological polar surface area (TPSA) is 66.0 Å². The monoisotopic (exact) mass is 286 g/mol. The molecule has 0 aliphatic carbocycles. The van der Waals surface area contributed by atoms with Gasteiger partial charge in [0.15, 0.2) is 0 Å². The lowest BCUT2D eigenvalue weighted by Gasteiger charge is -2.14. The second-order valence-electron chi connectivity index (χ2n) is 4.96. The number of aromatic nitrogens is 3. The van der Waals surface area contributed by atoms with Gasteiger partial charge in [-0.2, -0.15) is 15.0 Å². The molecule has 1 heterocycles. The van der Waals surface area contributed by atoms with Crippen LogP contribution in [0.25, 0.3) is 0 Å². The van der Waals surface area contributed by atoms with Crippen molar-refractivity contribution in [3.63, 3.8) is 0 Å². The summed E-state index contributed by atoms with van der Waals surface area (Å²) < 4.78 is 0. The summed E-state index contributed by atoms with van der Waals surface area (Å²) in [6, 6.07) is 8.23. The fraction of sp³-hybridized carbons (Fsp3) is 0.400. The normalized spacial score (nSPS) is 10.3. The molecule has 0 radical (unpaired) electrons. The van der Waals surface area contributed by atoms with Crippen molar-refractivity contribution in [3.8, 4) is 0 Å². The van der Waals surface area contributed by atoms with E-state index in [1.807, 2.05) is 37.2 Å². The molecule has 0 saturated carbocycles. The molecule has 0 spiro atoms. The third-order valence-corrected chi connectivity index (χ3v) is 3.03. The number of aryl methyl sites for hydroxylation is 1. The van der Waals surface area contributed by atoms with Crippen molar-refractivity contribution in [1.29, 1.82) is 0 Å². The van der Waals surface area contributed by atoms with Gasteiger partial charge in [-0.25, -0.2) is 0 Å². The van der Waals surface area contributed by atoms with Crippen molar-refractivity contribution < 1.29 is 0 Å². The molecule has 0 amide bonds. The van der Waals surface area contributed by atoms with Crippen LogP contribution in [0.1, 0.15) is 18.9 Å². The smallest absolute Gasteiger partial charge is 0.233 e. The zero-order chi connectivity index (χ0) is 15.2. The zero-order valence-electron chi connectivity index (χ0n) is 13.0. The number of anilines is 4. The van der Waals surface area contributed by atoms with Gasteiger partial charge in [-0.15, -0.1) is 0 Å². The van der Waals surface area contributed by atoms with Crippen LogP contribution in [0.5, 0.6) is 0 Å². The first-order valence-electron chi connectivity index (χ1n) is 7.10. The van der Waals surface area contributed by atoms with Crippen LogP contribution >= 0.6 is 0 Å². The molecule has 6 nitrogen and oxygen atoms in total. The van der Waals surface area contributed by atoms with Crippen LogP contribution in [-0.2, 0) is 6.42 Å². The van der Waals surface area contributed by atoms with Gasteiger partial charge in [-0.05, 0) is 18.1 Å². The van der Waals surface area contributed by atoms with Gasteiger partial charge in [-0.1, -0.05) is 31.5 Å². The Hall–Kier alpha value is -2.37. The van der Waals surface area contributed by atoms with Gasteiger partial charge in [0.2, 0.25) is 17.8 Å². The molecule has 21 heavy (non-hydrogen) atoms. The molecule has 0 saturated heterocycles. The highest BCUT2D eigenvalue weighted by Crippen LogP contribution is 2.21. The van der Waals surface area contributed by atoms with E-state index in [1.54, 1.807) is 7.05 Å². The van der Waals surface area contributed by atoms with Gasteiger partial charge in [0, 0.05) is 26.8 Å². The van der Waals surface area contributed by atoms with E-state index < -0.39 is 0 Å². The summed E-state index contributed by atoms with van der Waals surface area (Å²) in [6.07, 6.45) is 2.12. The minimum atomic E-state index is 0.543. The molecule has 0 atom stereocenters. The molecule has 0 unspecified atom stereocenters. The second kappa shape index (κ2) is 6.88. The molecule has 0 aliphatic rings. The number of hydrogen-bond acceptors (Lipinski definition) is 6. The van der Waals surface area contributed by atoms with Crippen molar-refractivity contribution in [3.05, 3.63) is 29.8 Å². The van der Waals surface area contributed by atoms with Gasteiger partial charge in [0.1, 0.15) is 0 Å². The Morgan fingerprint density at radius 2 is 1.76 bits per heavy atom. The SMILES string of the molecule is CCCc1ccccc1Nc1nc(NC)nc(N(C)C)n1. The largest absolute Gasteiger partial charge is 0.357 e. The van der Waals surface area contributed by atoms with E-state index in [0.717, 1.165) is 18.5 Å². The number of nitrogens with zero attached hydrogens (tertiary/aromatic N) is 4. The van der Waals surface area contributed by atoms with Crippen LogP contribution < -0.4 is 15.5 Å². The molecular formula is C15H22N6. The summed E-state index contributed by atoms with van der Waals surface area (Å²) in [7, 11) is 5.61. The minimum absolute atomic E-state index is 0.543. The first kappa shape index (κ1) is 15.0. The van der Waals surface area contributed by atoms with E-state index in [1.165, 1.54) is 5.56 Å². The average molecular weight is 286 g/mol. The van der Waals surface area contributed by atoms with Crippen molar-refractivity contribution >= 4 is 23.5 Å². The fourth-order valence-corrected chi connectivity index (χ4v) is 1.98. The first-order chi connectivity index (χ1) is 10.1. The van der Waals surface area contributed by atoms with Gasteiger partial charge >= 0.3 is 0 Å². The van der Waals surface area contributed by atoms with Crippen LogP contribution in [0, 0.1) is 0 Å². The van der Waals surface area contributed by atoms with Crippen LogP contribution in [0.2, 0.25) is 0 Å². The maximum Gasteiger partial charge on any atom is 0.233 e. The maximum atomic E-state index is 4.43. The summed E-state index contributed by atoms with van der Waals surface area (Å²) in [4.78, 5) is 14.9. The molecule has 2 aromatic rings.